The van der Waals surface area contributed by atoms with Crippen LogP contribution in [-0.4, -0.2) is 59.1 Å². The van der Waals surface area contributed by atoms with Crippen molar-refractivity contribution in [2.24, 2.45) is 0 Å². The van der Waals surface area contributed by atoms with E-state index in [9.17, 15) is 13.2 Å². The Morgan fingerprint density at radius 2 is 2.25 bits per heavy atom. The van der Waals surface area contributed by atoms with Crippen molar-refractivity contribution in [3.63, 3.8) is 0 Å². The lowest BCUT2D eigenvalue weighted by atomic mass is 9.85. The summed E-state index contributed by atoms with van der Waals surface area (Å²) in [5.41, 5.74) is 0.272. The largest absolute Gasteiger partial charge is 0.350 e. The highest BCUT2D eigenvalue weighted by Gasteiger charge is 2.52. The molecule has 0 saturated carbocycles. The summed E-state index contributed by atoms with van der Waals surface area (Å²) in [6, 6.07) is 3.44. The Hall–Kier alpha value is -2.30. The monoisotopic (exact) mass is 404 g/mol. The van der Waals surface area contributed by atoms with Gasteiger partial charge < -0.3 is 5.32 Å². The summed E-state index contributed by atoms with van der Waals surface area (Å²) in [7, 11) is -3.66. The van der Waals surface area contributed by atoms with Crippen molar-refractivity contribution in [1.29, 1.82) is 0 Å². The average molecular weight is 404 g/mol. The molecule has 3 N–H and O–H groups in total. The maximum Gasteiger partial charge on any atom is 0.243 e. The number of carbonyl (C=O) groups excluding carboxylic acids is 1. The molecular formula is C18H24N6O3S. The molecule has 10 heteroatoms. The van der Waals surface area contributed by atoms with Crippen LogP contribution in [0.3, 0.4) is 0 Å². The van der Waals surface area contributed by atoms with Crippen LogP contribution < -0.4 is 10.0 Å². The first kappa shape index (κ1) is 19.0. The average Bonchev–Trinajstić information content (AvgIpc) is 3.35. The number of nitrogens with zero attached hydrogens (tertiary/aromatic N) is 3. The predicted octanol–water partition coefficient (Wildman–Crippen LogP) is 0.396. The van der Waals surface area contributed by atoms with Crippen molar-refractivity contribution in [3.05, 3.63) is 42.5 Å². The Bertz CT molecular complexity index is 918. The molecule has 0 radical (unpaired) electrons. The molecule has 2 aliphatic heterocycles. The first-order chi connectivity index (χ1) is 13.5. The molecular weight excluding hydrogens is 380 g/mol. The molecule has 2 aliphatic rings. The van der Waals surface area contributed by atoms with Crippen LogP contribution in [0.1, 0.15) is 31.2 Å². The van der Waals surface area contributed by atoms with E-state index in [1.54, 1.807) is 12.4 Å². The topological polar surface area (TPSA) is 120 Å². The molecule has 1 amide bonds. The summed E-state index contributed by atoms with van der Waals surface area (Å²) in [4.78, 5) is 19.5. The fourth-order valence-corrected chi connectivity index (χ4v) is 5.41. The number of hydrogen-bond donors (Lipinski definition) is 3. The first-order valence-corrected chi connectivity index (χ1v) is 10.9. The highest BCUT2D eigenvalue weighted by atomic mass is 32.2. The van der Waals surface area contributed by atoms with Gasteiger partial charge in [-0.05, 0) is 43.9 Å². The Morgan fingerprint density at radius 3 is 3.00 bits per heavy atom. The SMILES string of the molecule is O=C(NCc1cccnc1)[C@]12CCCCN1CC(NS(=O)(=O)c1cn[nH]c1)C2. The van der Waals surface area contributed by atoms with E-state index in [2.05, 4.69) is 30.1 Å². The third-order valence-electron chi connectivity index (χ3n) is 5.60. The van der Waals surface area contributed by atoms with Crippen LogP contribution >= 0.6 is 0 Å². The number of amides is 1. The molecule has 28 heavy (non-hydrogen) atoms. The summed E-state index contributed by atoms with van der Waals surface area (Å²) in [6.07, 6.45) is 9.21. The van der Waals surface area contributed by atoms with Gasteiger partial charge in [0.2, 0.25) is 15.9 Å². The van der Waals surface area contributed by atoms with Gasteiger partial charge in [0, 0.05) is 37.7 Å². The molecule has 2 aromatic heterocycles. The van der Waals surface area contributed by atoms with Gasteiger partial charge in [0.25, 0.3) is 0 Å². The number of piperidine rings is 1. The molecule has 2 atom stereocenters. The molecule has 150 valence electrons. The van der Waals surface area contributed by atoms with Crippen LogP contribution in [0.25, 0.3) is 0 Å². The Balaban J connectivity index is 1.47. The number of sulfonamides is 1. The van der Waals surface area contributed by atoms with Crippen LogP contribution in [-0.2, 0) is 21.4 Å². The van der Waals surface area contributed by atoms with Crippen molar-refractivity contribution >= 4 is 15.9 Å². The molecule has 4 heterocycles. The molecule has 0 aliphatic carbocycles. The molecule has 4 rings (SSSR count). The van der Waals surface area contributed by atoms with Gasteiger partial charge in [-0.2, -0.15) is 5.10 Å². The van der Waals surface area contributed by atoms with E-state index in [1.165, 1.54) is 12.4 Å². The molecule has 2 saturated heterocycles. The number of rotatable bonds is 6. The first-order valence-electron chi connectivity index (χ1n) is 9.43. The van der Waals surface area contributed by atoms with Crippen LogP contribution in [0.5, 0.6) is 0 Å². The van der Waals surface area contributed by atoms with Gasteiger partial charge in [-0.15, -0.1) is 0 Å². The third-order valence-corrected chi connectivity index (χ3v) is 7.09. The Morgan fingerprint density at radius 1 is 1.36 bits per heavy atom. The zero-order chi connectivity index (χ0) is 19.6. The zero-order valence-corrected chi connectivity index (χ0v) is 16.3. The van der Waals surface area contributed by atoms with Gasteiger partial charge in [-0.25, -0.2) is 13.1 Å². The fraction of sp³-hybridized carbons (Fsp3) is 0.500. The quantitative estimate of drug-likeness (QED) is 0.641. The van der Waals surface area contributed by atoms with Crippen molar-refractivity contribution in [2.75, 3.05) is 13.1 Å². The molecule has 9 nitrogen and oxygen atoms in total. The molecule has 0 bridgehead atoms. The molecule has 1 unspecified atom stereocenters. The maximum absolute atomic E-state index is 13.1. The molecule has 2 aromatic rings. The lowest BCUT2D eigenvalue weighted by Gasteiger charge is -2.40. The number of carbonyl (C=O) groups is 1. The van der Waals surface area contributed by atoms with Gasteiger partial charge in [-0.1, -0.05) is 6.07 Å². The maximum atomic E-state index is 13.1. The second kappa shape index (κ2) is 7.61. The van der Waals surface area contributed by atoms with E-state index in [-0.39, 0.29) is 16.8 Å². The van der Waals surface area contributed by atoms with E-state index >= 15 is 0 Å². The smallest absolute Gasteiger partial charge is 0.243 e. The zero-order valence-electron chi connectivity index (χ0n) is 15.5. The highest BCUT2D eigenvalue weighted by Crippen LogP contribution is 2.38. The van der Waals surface area contributed by atoms with Crippen molar-refractivity contribution in [3.8, 4) is 0 Å². The number of aromatic nitrogens is 3. The number of H-pyrrole nitrogens is 1. The molecule has 0 aromatic carbocycles. The van der Waals surface area contributed by atoms with Gasteiger partial charge in [0.1, 0.15) is 10.4 Å². The van der Waals surface area contributed by atoms with Crippen LogP contribution in [0.2, 0.25) is 0 Å². The fourth-order valence-electron chi connectivity index (χ4n) is 4.28. The summed E-state index contributed by atoms with van der Waals surface area (Å²) < 4.78 is 27.8. The number of aromatic amines is 1. The Kier molecular flexibility index (Phi) is 5.17. The lowest BCUT2D eigenvalue weighted by molar-refractivity contribution is -0.134. The van der Waals surface area contributed by atoms with Crippen LogP contribution in [0.15, 0.2) is 41.8 Å². The summed E-state index contributed by atoms with van der Waals surface area (Å²) in [6.45, 7) is 1.73. The van der Waals surface area contributed by atoms with Crippen LogP contribution in [0, 0.1) is 0 Å². The number of pyridine rings is 1. The van der Waals surface area contributed by atoms with Crippen molar-refractivity contribution < 1.29 is 13.2 Å². The molecule has 0 spiro atoms. The van der Waals surface area contributed by atoms with E-state index in [4.69, 9.17) is 0 Å². The standard InChI is InChI=1S/C18H24N6O3S/c25-17(20-10-14-4-3-6-19-9-14)18-5-1-2-7-24(18)13-15(8-18)23-28(26,27)16-11-21-22-12-16/h3-4,6,9,11-12,15,23H,1-2,5,7-8,10,13H2,(H,20,25)(H,21,22)/t15?,18-/m1/s1. The van der Waals surface area contributed by atoms with Gasteiger partial charge in [0.15, 0.2) is 0 Å². The minimum absolute atomic E-state index is 0.0407. The lowest BCUT2D eigenvalue weighted by Crippen LogP contribution is -2.57. The Labute approximate surface area is 164 Å². The van der Waals surface area contributed by atoms with Gasteiger partial charge in [0.05, 0.1) is 6.20 Å². The third kappa shape index (κ3) is 3.67. The minimum Gasteiger partial charge on any atom is -0.350 e. The van der Waals surface area contributed by atoms with E-state index in [0.29, 0.717) is 19.5 Å². The summed E-state index contributed by atoms with van der Waals surface area (Å²) in [5, 5.41) is 9.26. The minimum atomic E-state index is -3.66. The van der Waals surface area contributed by atoms with E-state index in [1.807, 2.05) is 12.1 Å². The highest BCUT2D eigenvalue weighted by molar-refractivity contribution is 7.89. The van der Waals surface area contributed by atoms with E-state index < -0.39 is 15.6 Å². The van der Waals surface area contributed by atoms with Gasteiger partial charge in [-0.3, -0.25) is 19.8 Å². The van der Waals surface area contributed by atoms with Gasteiger partial charge >= 0.3 is 0 Å². The normalized spacial score (nSPS) is 25.4. The summed E-state index contributed by atoms with van der Waals surface area (Å²) in [5.74, 6) is -0.0407. The number of hydrogen-bond acceptors (Lipinski definition) is 6. The number of fused-ring (bicyclic) bond motifs is 1. The number of nitrogens with one attached hydrogen (secondary N) is 3. The second-order valence-corrected chi connectivity index (χ2v) is 9.15. The van der Waals surface area contributed by atoms with E-state index in [0.717, 1.165) is 31.4 Å². The molecule has 2 fully saturated rings. The second-order valence-electron chi connectivity index (χ2n) is 7.43. The van der Waals surface area contributed by atoms with Crippen molar-refractivity contribution in [1.82, 2.24) is 30.1 Å². The van der Waals surface area contributed by atoms with Crippen LogP contribution in [0.4, 0.5) is 0 Å². The van der Waals surface area contributed by atoms with Crippen molar-refractivity contribution in [2.45, 2.75) is 48.7 Å². The summed E-state index contributed by atoms with van der Waals surface area (Å²) >= 11 is 0. The predicted molar refractivity (Wildman–Crippen MR) is 102 cm³/mol.